The first-order valence-electron chi connectivity index (χ1n) is 7.22. The second kappa shape index (κ2) is 5.40. The SMILES string of the molecule is CC(OC(=O)c1ccccc1)[C@@H]1C[C@@H]2OC(C)(C)O[C@@H]2O1. The Morgan fingerprint density at radius 3 is 2.67 bits per heavy atom. The van der Waals surface area contributed by atoms with Gasteiger partial charge in [0.2, 0.25) is 0 Å². The molecule has 114 valence electrons. The van der Waals surface area contributed by atoms with Crippen LogP contribution < -0.4 is 0 Å². The molecule has 5 heteroatoms. The van der Waals surface area contributed by atoms with Crippen molar-refractivity contribution in [2.24, 2.45) is 0 Å². The van der Waals surface area contributed by atoms with Crippen LogP contribution in [0.15, 0.2) is 30.3 Å². The number of esters is 1. The van der Waals surface area contributed by atoms with Crippen molar-refractivity contribution in [3.05, 3.63) is 35.9 Å². The summed E-state index contributed by atoms with van der Waals surface area (Å²) in [5.74, 6) is -0.949. The Labute approximate surface area is 124 Å². The molecule has 0 bridgehead atoms. The van der Waals surface area contributed by atoms with Gasteiger partial charge in [-0.2, -0.15) is 0 Å². The fourth-order valence-corrected chi connectivity index (χ4v) is 2.72. The molecule has 0 saturated carbocycles. The van der Waals surface area contributed by atoms with Gasteiger partial charge in [0.05, 0.1) is 5.56 Å². The molecule has 21 heavy (non-hydrogen) atoms. The van der Waals surface area contributed by atoms with Gasteiger partial charge in [-0.1, -0.05) is 18.2 Å². The van der Waals surface area contributed by atoms with E-state index in [-0.39, 0.29) is 30.6 Å². The fourth-order valence-electron chi connectivity index (χ4n) is 2.72. The highest BCUT2D eigenvalue weighted by Crippen LogP contribution is 2.38. The van der Waals surface area contributed by atoms with Gasteiger partial charge in [0, 0.05) is 6.42 Å². The minimum Gasteiger partial charge on any atom is -0.456 e. The summed E-state index contributed by atoms with van der Waals surface area (Å²) in [6.07, 6.45) is -0.356. The lowest BCUT2D eigenvalue weighted by atomic mass is 10.1. The third-order valence-electron chi connectivity index (χ3n) is 3.74. The van der Waals surface area contributed by atoms with Crippen LogP contribution in [0.25, 0.3) is 0 Å². The van der Waals surface area contributed by atoms with Crippen molar-refractivity contribution in [1.82, 2.24) is 0 Å². The Bertz CT molecular complexity index is 497. The Kier molecular flexibility index (Phi) is 3.73. The Morgan fingerprint density at radius 1 is 1.29 bits per heavy atom. The van der Waals surface area contributed by atoms with Crippen LogP contribution in [0.5, 0.6) is 0 Å². The number of carbonyl (C=O) groups excluding carboxylic acids is 1. The molecule has 2 saturated heterocycles. The standard InChI is InChI=1S/C16H20O5/c1-10(18-14(17)11-7-5-4-6-8-11)12-9-13-15(19-12)21-16(2,3)20-13/h4-8,10,12-13,15H,9H2,1-3H3/t10?,12-,13-,15-/m0/s1. The second-order valence-corrected chi connectivity index (χ2v) is 5.93. The van der Waals surface area contributed by atoms with Gasteiger partial charge >= 0.3 is 5.97 Å². The molecular formula is C16H20O5. The monoisotopic (exact) mass is 292 g/mol. The van der Waals surface area contributed by atoms with Gasteiger partial charge in [-0.15, -0.1) is 0 Å². The molecule has 1 aromatic rings. The van der Waals surface area contributed by atoms with E-state index in [0.29, 0.717) is 12.0 Å². The Morgan fingerprint density at radius 2 is 2.00 bits per heavy atom. The van der Waals surface area contributed by atoms with Crippen molar-refractivity contribution in [2.45, 2.75) is 57.6 Å². The van der Waals surface area contributed by atoms with Crippen molar-refractivity contribution in [1.29, 1.82) is 0 Å². The maximum atomic E-state index is 12.0. The number of hydrogen-bond donors (Lipinski definition) is 0. The quantitative estimate of drug-likeness (QED) is 0.801. The summed E-state index contributed by atoms with van der Waals surface area (Å²) in [5, 5.41) is 0. The van der Waals surface area contributed by atoms with Gasteiger partial charge in [-0.05, 0) is 32.9 Å². The number of benzene rings is 1. The minimum absolute atomic E-state index is 0.0946. The average molecular weight is 292 g/mol. The first-order chi connectivity index (χ1) is 9.94. The smallest absolute Gasteiger partial charge is 0.338 e. The number of hydrogen-bond acceptors (Lipinski definition) is 5. The van der Waals surface area contributed by atoms with E-state index in [0.717, 1.165) is 0 Å². The maximum absolute atomic E-state index is 12.0. The summed E-state index contributed by atoms with van der Waals surface area (Å²) in [6.45, 7) is 5.56. The minimum atomic E-state index is -0.607. The summed E-state index contributed by atoms with van der Waals surface area (Å²) in [5.41, 5.74) is 0.538. The van der Waals surface area contributed by atoms with E-state index in [2.05, 4.69) is 0 Å². The highest BCUT2D eigenvalue weighted by Gasteiger charge is 2.50. The average Bonchev–Trinajstić information content (AvgIpc) is 2.93. The zero-order valence-corrected chi connectivity index (χ0v) is 12.4. The van der Waals surface area contributed by atoms with Gasteiger partial charge in [-0.25, -0.2) is 4.79 Å². The molecule has 1 unspecified atom stereocenters. The largest absolute Gasteiger partial charge is 0.456 e. The lowest BCUT2D eigenvalue weighted by Gasteiger charge is -2.23. The van der Waals surface area contributed by atoms with Gasteiger partial charge in [0.1, 0.15) is 18.3 Å². The molecule has 4 atom stereocenters. The van der Waals surface area contributed by atoms with Gasteiger partial charge in [0.15, 0.2) is 12.1 Å². The zero-order valence-electron chi connectivity index (χ0n) is 12.4. The Hall–Kier alpha value is -1.43. The van der Waals surface area contributed by atoms with Crippen LogP contribution in [0, 0.1) is 0 Å². The van der Waals surface area contributed by atoms with Crippen LogP contribution in [0.4, 0.5) is 0 Å². The van der Waals surface area contributed by atoms with Gasteiger partial charge in [-0.3, -0.25) is 0 Å². The summed E-state index contributed by atoms with van der Waals surface area (Å²) in [4.78, 5) is 12.0. The molecule has 2 fully saturated rings. The van der Waals surface area contributed by atoms with E-state index in [1.807, 2.05) is 39.0 Å². The molecule has 0 radical (unpaired) electrons. The molecule has 0 aliphatic carbocycles. The van der Waals surface area contributed by atoms with Crippen LogP contribution in [-0.4, -0.2) is 36.4 Å². The molecule has 0 amide bonds. The third kappa shape index (κ3) is 3.10. The molecular weight excluding hydrogens is 272 g/mol. The first-order valence-corrected chi connectivity index (χ1v) is 7.22. The predicted octanol–water partition coefficient (Wildman–Crippen LogP) is 2.50. The van der Waals surface area contributed by atoms with Crippen molar-refractivity contribution >= 4 is 5.97 Å². The molecule has 3 rings (SSSR count). The van der Waals surface area contributed by atoms with E-state index < -0.39 is 5.79 Å². The van der Waals surface area contributed by atoms with Crippen LogP contribution in [0.3, 0.4) is 0 Å². The van der Waals surface area contributed by atoms with Crippen LogP contribution in [-0.2, 0) is 18.9 Å². The number of ether oxygens (including phenoxy) is 4. The topological polar surface area (TPSA) is 54.0 Å². The van der Waals surface area contributed by atoms with Crippen LogP contribution >= 0.6 is 0 Å². The Balaban J connectivity index is 1.56. The van der Waals surface area contributed by atoms with Crippen molar-refractivity contribution in [3.8, 4) is 0 Å². The normalized spacial score (nSPS) is 31.7. The lowest BCUT2D eigenvalue weighted by molar-refractivity contribution is -0.213. The molecule has 2 aliphatic rings. The highest BCUT2D eigenvalue weighted by molar-refractivity contribution is 5.89. The van der Waals surface area contributed by atoms with E-state index >= 15 is 0 Å². The highest BCUT2D eigenvalue weighted by atomic mass is 16.8. The second-order valence-electron chi connectivity index (χ2n) is 5.93. The number of rotatable bonds is 3. The molecule has 0 spiro atoms. The van der Waals surface area contributed by atoms with E-state index in [9.17, 15) is 4.79 Å². The van der Waals surface area contributed by atoms with Gasteiger partial charge in [0.25, 0.3) is 0 Å². The summed E-state index contributed by atoms with van der Waals surface area (Å²) >= 11 is 0. The van der Waals surface area contributed by atoms with Crippen LogP contribution in [0.1, 0.15) is 37.6 Å². The van der Waals surface area contributed by atoms with Gasteiger partial charge < -0.3 is 18.9 Å². The molecule has 2 heterocycles. The zero-order chi connectivity index (χ0) is 15.0. The fraction of sp³-hybridized carbons (Fsp3) is 0.562. The lowest BCUT2D eigenvalue weighted by Crippen LogP contribution is -2.32. The van der Waals surface area contributed by atoms with E-state index in [1.165, 1.54) is 0 Å². The first kappa shape index (κ1) is 14.5. The maximum Gasteiger partial charge on any atom is 0.338 e. The molecule has 5 nitrogen and oxygen atoms in total. The molecule has 0 N–H and O–H groups in total. The molecule has 1 aromatic carbocycles. The number of carbonyl (C=O) groups is 1. The summed E-state index contributed by atoms with van der Waals surface area (Å²) in [7, 11) is 0. The van der Waals surface area contributed by atoms with Crippen LogP contribution in [0.2, 0.25) is 0 Å². The van der Waals surface area contributed by atoms with Crippen molar-refractivity contribution < 1.29 is 23.7 Å². The molecule has 0 aromatic heterocycles. The summed E-state index contributed by atoms with van der Waals surface area (Å²) < 4.78 is 22.7. The predicted molar refractivity (Wildman–Crippen MR) is 74.6 cm³/mol. The third-order valence-corrected chi connectivity index (χ3v) is 3.74. The van der Waals surface area contributed by atoms with Crippen molar-refractivity contribution in [2.75, 3.05) is 0 Å². The summed E-state index contributed by atoms with van der Waals surface area (Å²) in [6, 6.07) is 8.93. The number of fused-ring (bicyclic) bond motifs is 1. The molecule has 2 aliphatic heterocycles. The van der Waals surface area contributed by atoms with E-state index in [1.54, 1.807) is 12.1 Å². The van der Waals surface area contributed by atoms with Crippen molar-refractivity contribution in [3.63, 3.8) is 0 Å². The van der Waals surface area contributed by atoms with E-state index in [4.69, 9.17) is 18.9 Å².